The third-order valence-electron chi connectivity index (χ3n) is 8.15. The zero-order chi connectivity index (χ0) is 33.3. The van der Waals surface area contributed by atoms with E-state index >= 15 is 0 Å². The topological polar surface area (TPSA) is 348 Å². The molecule has 0 spiro atoms. The first-order valence-corrected chi connectivity index (χ1v) is 14.1. The molecule has 45 heavy (non-hydrogen) atoms. The third kappa shape index (κ3) is 7.91. The maximum atomic E-state index is 10.4. The Morgan fingerprint density at radius 1 is 0.333 bits per heavy atom. The second-order valence-corrected chi connectivity index (χ2v) is 11.3. The molecule has 0 aromatic rings. The molecule has 264 valence electrons. The van der Waals surface area contributed by atoms with Crippen LogP contribution in [0.2, 0.25) is 0 Å². The molecule has 0 aromatic heterocycles. The monoisotopic (exact) mass is 666 g/mol. The Morgan fingerprint density at radius 3 is 0.978 bits per heavy atom. The summed E-state index contributed by atoms with van der Waals surface area (Å²) in [6, 6.07) is 0. The highest BCUT2D eigenvalue weighted by molar-refractivity contribution is 4.94. The highest BCUT2D eigenvalue weighted by Gasteiger charge is 2.50. The Bertz CT molecular complexity index is 916. The molecule has 4 heterocycles. The Hall–Kier alpha value is -0.840. The van der Waals surface area contributed by atoms with Gasteiger partial charge in [-0.2, -0.15) is 0 Å². The molecule has 20 atom stereocenters. The summed E-state index contributed by atoms with van der Waals surface area (Å²) in [7, 11) is 0. The smallest absolute Gasteiger partial charge is 0.186 e. The lowest BCUT2D eigenvalue weighted by Gasteiger charge is -2.44. The van der Waals surface area contributed by atoms with Crippen LogP contribution in [-0.4, -0.2) is 221 Å². The van der Waals surface area contributed by atoms with Crippen LogP contribution in [0, 0.1) is 0 Å². The van der Waals surface area contributed by atoms with E-state index in [-0.39, 0.29) is 0 Å². The van der Waals surface area contributed by atoms with Crippen molar-refractivity contribution in [3.63, 3.8) is 0 Å². The number of ether oxygens (including phenoxy) is 7. The van der Waals surface area contributed by atoms with Crippen molar-refractivity contribution in [1.82, 2.24) is 0 Å². The highest BCUT2D eigenvalue weighted by atomic mass is 16.7. The van der Waals surface area contributed by atoms with Crippen molar-refractivity contribution < 1.29 is 105 Å². The van der Waals surface area contributed by atoms with E-state index < -0.39 is 149 Å². The van der Waals surface area contributed by atoms with Crippen LogP contribution < -0.4 is 0 Å². The van der Waals surface area contributed by atoms with Gasteiger partial charge >= 0.3 is 0 Å². The standard InChI is InChI=1S/C24H42O21/c25-1-5-9(26)14(31)18(35)22(43-5)40-3-7-11(28)16(33)20(37)24(45-7)41-4-8-12(29)15(32)19(36)23(44-8)39-2-6-10(27)13(30)17(34)21(38)42-6/h5-38H,1-4H2/t5?,6?,7?,8?,9-,10-,11-,12-,13+,14+,15+,16+,17?,18?,19?,20?,21?,22-,23-,24-/m1/s1. The van der Waals surface area contributed by atoms with Crippen molar-refractivity contribution in [2.24, 2.45) is 0 Å². The average Bonchev–Trinajstić information content (AvgIpc) is 3.02. The predicted octanol–water partition coefficient (Wildman–Crippen LogP) is -9.75. The van der Waals surface area contributed by atoms with Crippen LogP contribution in [0.5, 0.6) is 0 Å². The number of aliphatic hydroxyl groups excluding tert-OH is 14. The highest BCUT2D eigenvalue weighted by Crippen LogP contribution is 2.29. The zero-order valence-corrected chi connectivity index (χ0v) is 23.5. The molecule has 0 radical (unpaired) electrons. The first-order valence-electron chi connectivity index (χ1n) is 14.1. The summed E-state index contributed by atoms with van der Waals surface area (Å²) in [5.74, 6) is 0. The number of hydrogen-bond acceptors (Lipinski definition) is 21. The number of aliphatic hydroxyl groups is 14. The minimum Gasteiger partial charge on any atom is -0.394 e. The predicted molar refractivity (Wildman–Crippen MR) is 134 cm³/mol. The second kappa shape index (κ2) is 15.6. The molecule has 4 rings (SSSR count). The van der Waals surface area contributed by atoms with Crippen molar-refractivity contribution in [3.05, 3.63) is 0 Å². The van der Waals surface area contributed by atoms with Crippen LogP contribution in [0.15, 0.2) is 0 Å². The maximum absolute atomic E-state index is 10.4. The molecule has 0 bridgehead atoms. The van der Waals surface area contributed by atoms with E-state index in [0.717, 1.165) is 0 Å². The summed E-state index contributed by atoms with van der Waals surface area (Å²) in [6.07, 6.45) is -34.1. The lowest BCUT2D eigenvalue weighted by molar-refractivity contribution is -0.346. The van der Waals surface area contributed by atoms with Crippen molar-refractivity contribution in [2.75, 3.05) is 26.4 Å². The van der Waals surface area contributed by atoms with Crippen molar-refractivity contribution in [3.8, 4) is 0 Å². The van der Waals surface area contributed by atoms with Crippen LogP contribution in [-0.2, 0) is 33.2 Å². The van der Waals surface area contributed by atoms with Crippen LogP contribution in [0.25, 0.3) is 0 Å². The largest absolute Gasteiger partial charge is 0.394 e. The first-order chi connectivity index (χ1) is 21.2. The van der Waals surface area contributed by atoms with Crippen molar-refractivity contribution in [1.29, 1.82) is 0 Å². The summed E-state index contributed by atoms with van der Waals surface area (Å²) >= 11 is 0. The molecule has 14 N–H and O–H groups in total. The first kappa shape index (κ1) is 37.0. The molecule has 4 fully saturated rings. The lowest BCUT2D eigenvalue weighted by Crippen LogP contribution is -2.63. The minimum atomic E-state index is -1.88. The van der Waals surface area contributed by atoms with Gasteiger partial charge in [0, 0.05) is 0 Å². The minimum absolute atomic E-state index is 0.633. The molecule has 0 aliphatic carbocycles. The summed E-state index contributed by atoms with van der Waals surface area (Å²) in [5.41, 5.74) is 0. The molecule has 21 heteroatoms. The molecular formula is C24H42O21. The van der Waals surface area contributed by atoms with Crippen molar-refractivity contribution in [2.45, 2.75) is 123 Å². The SMILES string of the molecule is OCC1O[C@@H](OCC2O[C@@H](OCC3O[C@@H](OCC4OC(O)C(O)[C@@H](O)[C@@H]4O)C(O)[C@@H](O)[C@@H]3O)C(O)[C@@H](O)[C@@H]2O)C(O)[C@@H](O)[C@@H]1O. The van der Waals surface area contributed by atoms with E-state index in [2.05, 4.69) is 0 Å². The molecule has 4 aliphatic heterocycles. The normalized spacial score (nSPS) is 52.9. The van der Waals surface area contributed by atoms with E-state index in [9.17, 15) is 71.5 Å². The molecule has 4 aliphatic rings. The fourth-order valence-corrected chi connectivity index (χ4v) is 5.23. The molecule has 0 aromatic carbocycles. The molecule has 0 amide bonds. The molecule has 21 nitrogen and oxygen atoms in total. The lowest BCUT2D eigenvalue weighted by atomic mass is 9.98. The molecule has 4 saturated heterocycles. The molecule has 0 saturated carbocycles. The second-order valence-electron chi connectivity index (χ2n) is 11.3. The Balaban J connectivity index is 1.33. The summed E-state index contributed by atoms with van der Waals surface area (Å²) < 4.78 is 37.2. The summed E-state index contributed by atoms with van der Waals surface area (Å²) in [6.45, 7) is -2.67. The van der Waals surface area contributed by atoms with Gasteiger partial charge in [-0.3, -0.25) is 0 Å². The Kier molecular flexibility index (Phi) is 12.8. The zero-order valence-electron chi connectivity index (χ0n) is 23.5. The van der Waals surface area contributed by atoms with Crippen LogP contribution in [0.1, 0.15) is 0 Å². The average molecular weight is 667 g/mol. The van der Waals surface area contributed by atoms with Crippen LogP contribution in [0.4, 0.5) is 0 Å². The van der Waals surface area contributed by atoms with E-state index in [1.54, 1.807) is 0 Å². The Labute approximate surface area is 254 Å². The quantitative estimate of drug-likeness (QED) is 0.103. The fourth-order valence-electron chi connectivity index (χ4n) is 5.23. The molecule has 9 unspecified atom stereocenters. The van der Waals surface area contributed by atoms with Gasteiger partial charge in [0.1, 0.15) is 97.7 Å². The van der Waals surface area contributed by atoms with Gasteiger partial charge in [-0.1, -0.05) is 0 Å². The van der Waals surface area contributed by atoms with Gasteiger partial charge in [0.15, 0.2) is 25.2 Å². The van der Waals surface area contributed by atoms with Crippen LogP contribution >= 0.6 is 0 Å². The Morgan fingerprint density at radius 2 is 0.622 bits per heavy atom. The van der Waals surface area contributed by atoms with E-state index in [4.69, 9.17) is 33.2 Å². The van der Waals surface area contributed by atoms with Gasteiger partial charge in [0.05, 0.1) is 26.4 Å². The number of rotatable bonds is 10. The summed E-state index contributed by atoms with van der Waals surface area (Å²) in [5, 5.41) is 141. The maximum Gasteiger partial charge on any atom is 0.186 e. The fraction of sp³-hybridized carbons (Fsp3) is 1.00. The van der Waals surface area contributed by atoms with E-state index in [1.165, 1.54) is 0 Å². The number of hydrogen-bond donors (Lipinski definition) is 14. The third-order valence-corrected chi connectivity index (χ3v) is 8.15. The van der Waals surface area contributed by atoms with Gasteiger partial charge in [-0.15, -0.1) is 0 Å². The van der Waals surface area contributed by atoms with E-state index in [1.807, 2.05) is 0 Å². The van der Waals surface area contributed by atoms with Gasteiger partial charge < -0.3 is 105 Å². The van der Waals surface area contributed by atoms with Crippen LogP contribution in [0.3, 0.4) is 0 Å². The van der Waals surface area contributed by atoms with Gasteiger partial charge in [-0.05, 0) is 0 Å². The van der Waals surface area contributed by atoms with E-state index in [0.29, 0.717) is 0 Å². The van der Waals surface area contributed by atoms with Crippen molar-refractivity contribution >= 4 is 0 Å². The van der Waals surface area contributed by atoms with Gasteiger partial charge in [0.25, 0.3) is 0 Å². The molecular weight excluding hydrogens is 624 g/mol. The summed E-state index contributed by atoms with van der Waals surface area (Å²) in [4.78, 5) is 0. The van der Waals surface area contributed by atoms with Gasteiger partial charge in [0.2, 0.25) is 0 Å². The van der Waals surface area contributed by atoms with Gasteiger partial charge in [-0.25, -0.2) is 0 Å².